The first kappa shape index (κ1) is 18.1. The zero-order valence-electron chi connectivity index (χ0n) is 13.8. The zero-order chi connectivity index (χ0) is 17.9. The van der Waals surface area contributed by atoms with E-state index >= 15 is 0 Å². The lowest BCUT2D eigenvalue weighted by Gasteiger charge is -2.35. The molecule has 0 saturated carbocycles. The highest BCUT2D eigenvalue weighted by atomic mass is 32.2. The Bertz CT molecular complexity index is 823. The van der Waals surface area contributed by atoms with Crippen molar-refractivity contribution in [2.24, 2.45) is 0 Å². The second kappa shape index (κ2) is 7.24. The van der Waals surface area contributed by atoms with Crippen LogP contribution in [0.3, 0.4) is 0 Å². The predicted molar refractivity (Wildman–Crippen MR) is 91.0 cm³/mol. The Morgan fingerprint density at radius 2 is 2.08 bits per heavy atom. The first-order valence-electron chi connectivity index (χ1n) is 8.06. The van der Waals surface area contributed by atoms with E-state index in [1.165, 1.54) is 12.3 Å². The molecule has 0 aliphatic carbocycles. The molecular weight excluding hydrogens is 366 g/mol. The summed E-state index contributed by atoms with van der Waals surface area (Å²) in [4.78, 5) is 15.6. The van der Waals surface area contributed by atoms with Crippen LogP contribution in [0, 0.1) is 0 Å². The molecule has 1 saturated heterocycles. The van der Waals surface area contributed by atoms with E-state index in [-0.39, 0.29) is 10.8 Å². The van der Waals surface area contributed by atoms with Crippen molar-refractivity contribution in [1.82, 2.24) is 9.99 Å². The van der Waals surface area contributed by atoms with E-state index in [9.17, 15) is 13.2 Å². The number of rotatable bonds is 5. The average Bonchev–Trinajstić information content (AvgIpc) is 3.27. The minimum absolute atomic E-state index is 0.117. The van der Waals surface area contributed by atoms with Gasteiger partial charge in [0.05, 0.1) is 17.7 Å². The summed E-state index contributed by atoms with van der Waals surface area (Å²) in [5.41, 5.74) is 0. The van der Waals surface area contributed by atoms with E-state index in [2.05, 4.69) is 9.99 Å². The van der Waals surface area contributed by atoms with E-state index in [0.717, 1.165) is 30.6 Å². The number of thiophene rings is 1. The van der Waals surface area contributed by atoms with E-state index in [4.69, 9.17) is 9.26 Å². The number of amides is 1. The molecule has 25 heavy (non-hydrogen) atoms. The van der Waals surface area contributed by atoms with Crippen LogP contribution in [-0.4, -0.2) is 44.0 Å². The van der Waals surface area contributed by atoms with Crippen LogP contribution >= 0.6 is 11.3 Å². The number of piperidine rings is 1. The molecule has 1 fully saturated rings. The molecule has 0 aromatic carbocycles. The van der Waals surface area contributed by atoms with Gasteiger partial charge in [-0.2, -0.15) is 4.79 Å². The molecule has 2 aromatic rings. The molecule has 0 bridgehead atoms. The summed E-state index contributed by atoms with van der Waals surface area (Å²) in [6.07, 6.45) is 3.42. The predicted octanol–water partition coefficient (Wildman–Crippen LogP) is 2.75. The summed E-state index contributed by atoms with van der Waals surface area (Å²) in [5.74, 6) is 0.499. The number of aromatic nitrogens is 1. The van der Waals surface area contributed by atoms with Crippen LogP contribution < -0.4 is 4.83 Å². The SMILES string of the molecule is CCOC(=O)[N+]1(NS(=O)(=O)c2ccc(-c3ccno3)s2)CCCCC1. The molecule has 10 heteroatoms. The number of ether oxygens (including phenoxy) is 1. The van der Waals surface area contributed by atoms with Gasteiger partial charge in [-0.15, -0.1) is 15.9 Å². The van der Waals surface area contributed by atoms with Crippen LogP contribution in [-0.2, 0) is 14.8 Å². The van der Waals surface area contributed by atoms with Gasteiger partial charge < -0.3 is 9.26 Å². The van der Waals surface area contributed by atoms with Crippen LogP contribution in [0.2, 0.25) is 0 Å². The minimum atomic E-state index is -3.87. The van der Waals surface area contributed by atoms with Gasteiger partial charge in [0.2, 0.25) is 0 Å². The van der Waals surface area contributed by atoms with Gasteiger partial charge in [-0.05, 0) is 43.2 Å². The first-order valence-corrected chi connectivity index (χ1v) is 10.4. The van der Waals surface area contributed by atoms with Crippen molar-refractivity contribution >= 4 is 27.5 Å². The maximum Gasteiger partial charge on any atom is 0.536 e. The van der Waals surface area contributed by atoms with E-state index < -0.39 is 20.7 Å². The van der Waals surface area contributed by atoms with Gasteiger partial charge in [0.1, 0.15) is 17.3 Å². The molecule has 136 valence electrons. The molecule has 2 aromatic heterocycles. The maximum atomic E-state index is 12.8. The van der Waals surface area contributed by atoms with Gasteiger partial charge >= 0.3 is 6.09 Å². The fraction of sp³-hybridized carbons (Fsp3) is 0.467. The summed E-state index contributed by atoms with van der Waals surface area (Å²) in [7, 11) is -3.87. The molecule has 8 nitrogen and oxygen atoms in total. The van der Waals surface area contributed by atoms with Crippen molar-refractivity contribution in [1.29, 1.82) is 0 Å². The van der Waals surface area contributed by atoms with Gasteiger partial charge in [0, 0.05) is 6.07 Å². The fourth-order valence-corrected chi connectivity index (χ4v) is 5.39. The second-order valence-corrected chi connectivity index (χ2v) is 8.74. The Kier molecular flexibility index (Phi) is 5.23. The van der Waals surface area contributed by atoms with Crippen molar-refractivity contribution in [3.05, 3.63) is 24.4 Å². The highest BCUT2D eigenvalue weighted by Crippen LogP contribution is 2.31. The fourth-order valence-electron chi connectivity index (χ4n) is 2.83. The van der Waals surface area contributed by atoms with Crippen LogP contribution in [0.25, 0.3) is 10.6 Å². The Hall–Kier alpha value is -1.75. The lowest BCUT2D eigenvalue weighted by molar-refractivity contribution is -0.892. The van der Waals surface area contributed by atoms with Crippen molar-refractivity contribution in [2.75, 3.05) is 19.7 Å². The smallest absolute Gasteiger partial charge is 0.419 e. The number of hydrogen-bond donors (Lipinski definition) is 1. The van der Waals surface area contributed by atoms with Crippen LogP contribution in [0.1, 0.15) is 26.2 Å². The van der Waals surface area contributed by atoms with Gasteiger partial charge in [0.25, 0.3) is 10.0 Å². The zero-order valence-corrected chi connectivity index (χ0v) is 15.4. The summed E-state index contributed by atoms with van der Waals surface area (Å²) >= 11 is 1.06. The van der Waals surface area contributed by atoms with E-state index in [1.54, 1.807) is 19.1 Å². The third-order valence-electron chi connectivity index (χ3n) is 4.02. The number of nitrogens with zero attached hydrogens (tertiary/aromatic N) is 2. The van der Waals surface area contributed by atoms with Crippen molar-refractivity contribution in [3.63, 3.8) is 0 Å². The molecule has 1 aliphatic rings. The van der Waals surface area contributed by atoms with E-state index in [0.29, 0.717) is 23.7 Å². The number of likely N-dealkylation sites (tertiary alicyclic amines) is 1. The normalized spacial score (nSPS) is 17.3. The second-order valence-electron chi connectivity index (χ2n) is 5.76. The molecule has 3 rings (SSSR count). The third kappa shape index (κ3) is 3.76. The summed E-state index contributed by atoms with van der Waals surface area (Å²) < 4.78 is 35.5. The first-order chi connectivity index (χ1) is 12.0. The molecule has 0 unspecified atom stereocenters. The van der Waals surface area contributed by atoms with Gasteiger partial charge in [0.15, 0.2) is 5.76 Å². The van der Waals surface area contributed by atoms with Gasteiger partial charge in [-0.25, -0.2) is 8.42 Å². The Morgan fingerprint density at radius 3 is 2.72 bits per heavy atom. The number of hydrogen-bond acceptors (Lipinski definition) is 7. The molecule has 1 amide bonds. The number of nitrogens with one attached hydrogen (secondary N) is 1. The molecule has 0 spiro atoms. The number of quaternary nitrogens is 1. The number of sulfonamides is 1. The van der Waals surface area contributed by atoms with Crippen molar-refractivity contribution in [2.45, 2.75) is 30.4 Å². The molecule has 1 aliphatic heterocycles. The lowest BCUT2D eigenvalue weighted by Crippen LogP contribution is -2.65. The molecule has 3 heterocycles. The van der Waals surface area contributed by atoms with Crippen LogP contribution in [0.5, 0.6) is 0 Å². The Labute approximate surface area is 150 Å². The van der Waals surface area contributed by atoms with E-state index in [1.807, 2.05) is 0 Å². The monoisotopic (exact) mass is 386 g/mol. The molecule has 0 radical (unpaired) electrons. The largest absolute Gasteiger partial charge is 0.536 e. The maximum absolute atomic E-state index is 12.8. The van der Waals surface area contributed by atoms with Crippen molar-refractivity contribution < 1.29 is 27.1 Å². The number of carbonyl (C=O) groups is 1. The van der Waals surface area contributed by atoms with Gasteiger partial charge in [-0.3, -0.25) is 0 Å². The average molecular weight is 386 g/mol. The standard InChI is InChI=1S/C15H20N3O5S2/c1-2-22-15(19)18(10-4-3-5-11-18)17-25(20,21)14-7-6-13(24-14)12-8-9-16-23-12/h6-9,17H,2-5,10-11H2,1H3/q+1. The lowest BCUT2D eigenvalue weighted by atomic mass is 10.1. The Morgan fingerprint density at radius 1 is 1.32 bits per heavy atom. The molecule has 0 atom stereocenters. The van der Waals surface area contributed by atoms with Crippen LogP contribution in [0.15, 0.2) is 33.1 Å². The summed E-state index contributed by atoms with van der Waals surface area (Å²) in [6, 6.07) is 4.81. The van der Waals surface area contributed by atoms with Gasteiger partial charge in [-0.1, -0.05) is 5.16 Å². The molecular formula is C15H20N3O5S2+. The third-order valence-corrected chi connectivity index (χ3v) is 7.08. The highest BCUT2D eigenvalue weighted by molar-refractivity contribution is 7.91. The quantitative estimate of drug-likeness (QED) is 0.794. The Balaban J connectivity index is 1.87. The van der Waals surface area contributed by atoms with Crippen LogP contribution in [0.4, 0.5) is 4.79 Å². The highest BCUT2D eigenvalue weighted by Gasteiger charge is 2.45. The summed E-state index contributed by atoms with van der Waals surface area (Å²) in [6.45, 7) is 2.68. The topological polar surface area (TPSA) is 98.5 Å². The minimum Gasteiger partial charge on any atom is -0.419 e. The number of carbonyl (C=O) groups excluding carboxylic acids is 1. The summed E-state index contributed by atoms with van der Waals surface area (Å²) in [5, 5.41) is 3.62. The molecule has 1 N–H and O–H groups in total. The van der Waals surface area contributed by atoms with Crippen molar-refractivity contribution in [3.8, 4) is 10.6 Å².